The lowest BCUT2D eigenvalue weighted by Gasteiger charge is -2.11. The van der Waals surface area contributed by atoms with Crippen LogP contribution in [0.1, 0.15) is 11.4 Å². The first-order valence-corrected chi connectivity index (χ1v) is 3.90. The van der Waals surface area contributed by atoms with Crippen LogP contribution in [0.5, 0.6) is 0 Å². The number of aromatic amines is 1. The molecule has 1 N–H and O–H groups in total. The molecule has 0 saturated heterocycles. The zero-order valence-electron chi connectivity index (χ0n) is 6.83. The second kappa shape index (κ2) is 3.51. The normalized spacial score (nSPS) is 12.9. The number of hydrogen-bond acceptors (Lipinski definition) is 1. The summed E-state index contributed by atoms with van der Waals surface area (Å²) in [5.74, 6) is 0. The van der Waals surface area contributed by atoms with E-state index in [1.807, 2.05) is 0 Å². The summed E-state index contributed by atoms with van der Waals surface area (Å²) in [5.41, 5.74) is -3.02. The second-order valence-corrected chi connectivity index (χ2v) is 3.11. The molecule has 0 aliphatic rings. The lowest BCUT2D eigenvalue weighted by Crippen LogP contribution is -2.14. The number of pyridine rings is 1. The minimum Gasteiger partial charge on any atom is -0.347 e. The van der Waals surface area contributed by atoms with Gasteiger partial charge in [0.05, 0.1) is 0 Å². The summed E-state index contributed by atoms with van der Waals surface area (Å²) in [4.78, 5) is 1.25. The quantitative estimate of drug-likeness (QED) is 0.545. The van der Waals surface area contributed by atoms with E-state index in [2.05, 4.69) is 12.2 Å². The fraction of sp³-hybridized carbons (Fsp3) is 0.286. The van der Waals surface area contributed by atoms with Gasteiger partial charge in [-0.2, -0.15) is 26.3 Å². The molecule has 0 fully saturated rings. The van der Waals surface area contributed by atoms with E-state index < -0.39 is 28.3 Å². The number of aromatic nitrogens is 1. The standard InChI is InChI=1S/C7H3F6NS/c8-6(9,10)4-1-3(15)2-5(14-4)7(11,12)13/h1-2H,(H,14,15). The highest BCUT2D eigenvalue weighted by atomic mass is 32.1. The van der Waals surface area contributed by atoms with Gasteiger partial charge in [-0.15, -0.1) is 0 Å². The van der Waals surface area contributed by atoms with Gasteiger partial charge in [-0.1, -0.05) is 12.2 Å². The monoisotopic (exact) mass is 247 g/mol. The van der Waals surface area contributed by atoms with Gasteiger partial charge in [-0.25, -0.2) is 0 Å². The molecule has 1 nitrogen and oxygen atoms in total. The van der Waals surface area contributed by atoms with Gasteiger partial charge >= 0.3 is 12.4 Å². The Morgan fingerprint density at radius 1 is 0.867 bits per heavy atom. The lowest BCUT2D eigenvalue weighted by atomic mass is 10.3. The van der Waals surface area contributed by atoms with Crippen LogP contribution in [0.15, 0.2) is 12.1 Å². The fourth-order valence-electron chi connectivity index (χ4n) is 0.849. The van der Waals surface area contributed by atoms with E-state index >= 15 is 0 Å². The van der Waals surface area contributed by atoms with E-state index in [1.54, 1.807) is 0 Å². The van der Waals surface area contributed by atoms with Crippen molar-refractivity contribution in [3.05, 3.63) is 28.0 Å². The third-order valence-corrected chi connectivity index (χ3v) is 1.69. The maximum atomic E-state index is 12.1. The molecule has 0 bridgehead atoms. The molecule has 0 amide bonds. The first kappa shape index (κ1) is 12.0. The van der Waals surface area contributed by atoms with Crippen LogP contribution in [0.4, 0.5) is 26.3 Å². The van der Waals surface area contributed by atoms with E-state index in [-0.39, 0.29) is 0 Å². The zero-order chi connectivity index (χ0) is 11.9. The molecule has 1 aromatic rings. The zero-order valence-corrected chi connectivity index (χ0v) is 7.65. The van der Waals surface area contributed by atoms with E-state index in [4.69, 9.17) is 0 Å². The molecular weight excluding hydrogens is 244 g/mol. The van der Waals surface area contributed by atoms with Crippen LogP contribution in [0.2, 0.25) is 0 Å². The molecule has 0 atom stereocenters. The number of alkyl halides is 6. The van der Waals surface area contributed by atoms with E-state index in [1.165, 1.54) is 4.98 Å². The molecule has 0 aliphatic carbocycles. The maximum absolute atomic E-state index is 12.1. The number of nitrogens with one attached hydrogen (secondary N) is 1. The molecular formula is C7H3F6NS. The maximum Gasteiger partial charge on any atom is 0.431 e. The van der Waals surface area contributed by atoms with E-state index in [9.17, 15) is 26.3 Å². The Balaban J connectivity index is 3.36. The molecule has 1 heterocycles. The highest BCUT2D eigenvalue weighted by molar-refractivity contribution is 7.71. The summed E-state index contributed by atoms with van der Waals surface area (Å²) in [5, 5.41) is 0. The molecule has 8 heteroatoms. The Morgan fingerprint density at radius 3 is 1.47 bits per heavy atom. The number of H-pyrrole nitrogens is 1. The topological polar surface area (TPSA) is 15.8 Å². The van der Waals surface area contributed by atoms with Crippen molar-refractivity contribution in [1.29, 1.82) is 0 Å². The summed E-state index contributed by atoms with van der Waals surface area (Å²) in [6, 6.07) is 0.870. The van der Waals surface area contributed by atoms with Gasteiger partial charge in [0.1, 0.15) is 11.4 Å². The van der Waals surface area contributed by atoms with Crippen LogP contribution in [-0.4, -0.2) is 4.98 Å². The molecule has 0 spiro atoms. The van der Waals surface area contributed by atoms with Gasteiger partial charge in [0.25, 0.3) is 0 Å². The minimum atomic E-state index is -4.88. The van der Waals surface area contributed by atoms with Crippen molar-refractivity contribution in [3.63, 3.8) is 0 Å². The Hall–Kier alpha value is -1.05. The van der Waals surface area contributed by atoms with Crippen molar-refractivity contribution in [2.24, 2.45) is 0 Å². The van der Waals surface area contributed by atoms with Gasteiger partial charge < -0.3 is 4.98 Å². The van der Waals surface area contributed by atoms with Gasteiger partial charge in [0, 0.05) is 4.51 Å². The number of rotatable bonds is 0. The van der Waals surface area contributed by atoms with Crippen molar-refractivity contribution < 1.29 is 26.3 Å². The summed E-state index contributed by atoms with van der Waals surface area (Å²) in [6.45, 7) is 0. The molecule has 1 rings (SSSR count). The Bertz CT molecular complexity index is 379. The van der Waals surface area contributed by atoms with Gasteiger partial charge in [-0.05, 0) is 12.1 Å². The molecule has 1 aromatic heterocycles. The van der Waals surface area contributed by atoms with Gasteiger partial charge in [0.15, 0.2) is 0 Å². The first-order valence-electron chi connectivity index (χ1n) is 3.49. The van der Waals surface area contributed by atoms with Crippen LogP contribution in [0, 0.1) is 4.51 Å². The van der Waals surface area contributed by atoms with Crippen molar-refractivity contribution in [2.75, 3.05) is 0 Å². The molecule has 0 aromatic carbocycles. The average molecular weight is 247 g/mol. The van der Waals surface area contributed by atoms with Crippen LogP contribution < -0.4 is 0 Å². The third-order valence-electron chi connectivity index (χ3n) is 1.45. The van der Waals surface area contributed by atoms with E-state index in [0.717, 1.165) is 0 Å². The van der Waals surface area contributed by atoms with Crippen LogP contribution in [-0.2, 0) is 12.4 Å². The van der Waals surface area contributed by atoms with Gasteiger partial charge in [-0.3, -0.25) is 0 Å². The van der Waals surface area contributed by atoms with Crippen molar-refractivity contribution in [1.82, 2.24) is 4.98 Å². The average Bonchev–Trinajstić information content (AvgIpc) is 1.99. The summed E-state index contributed by atoms with van der Waals surface area (Å²) in [6.07, 6.45) is -9.76. The van der Waals surface area contributed by atoms with Crippen molar-refractivity contribution >= 4 is 12.2 Å². The van der Waals surface area contributed by atoms with Crippen LogP contribution >= 0.6 is 12.2 Å². The highest BCUT2D eigenvalue weighted by Crippen LogP contribution is 2.32. The number of hydrogen-bond donors (Lipinski definition) is 1. The predicted molar refractivity (Wildman–Crippen MR) is 41.6 cm³/mol. The summed E-state index contributed by atoms with van der Waals surface area (Å²) >= 11 is 4.30. The molecule has 0 saturated carbocycles. The van der Waals surface area contributed by atoms with Crippen molar-refractivity contribution in [3.8, 4) is 0 Å². The third kappa shape index (κ3) is 2.95. The minimum absolute atomic E-state index is 0.435. The summed E-state index contributed by atoms with van der Waals surface area (Å²) < 4.78 is 72.0. The largest absolute Gasteiger partial charge is 0.431 e. The lowest BCUT2D eigenvalue weighted by molar-refractivity contribution is -0.150. The smallest absolute Gasteiger partial charge is 0.347 e. The van der Waals surface area contributed by atoms with Gasteiger partial charge in [0.2, 0.25) is 0 Å². The first-order chi connectivity index (χ1) is 6.60. The Labute approximate surface area is 84.7 Å². The molecule has 84 valence electrons. The molecule has 0 unspecified atom stereocenters. The second-order valence-electron chi connectivity index (χ2n) is 2.64. The number of halogens is 6. The Morgan fingerprint density at radius 2 is 1.20 bits per heavy atom. The molecule has 0 radical (unpaired) electrons. The predicted octanol–water partition coefficient (Wildman–Crippen LogP) is 3.78. The Kier molecular flexibility index (Phi) is 2.81. The summed E-state index contributed by atoms with van der Waals surface area (Å²) in [7, 11) is 0. The highest BCUT2D eigenvalue weighted by Gasteiger charge is 2.37. The molecule has 15 heavy (non-hydrogen) atoms. The fourth-order valence-corrected chi connectivity index (χ4v) is 1.08. The van der Waals surface area contributed by atoms with Crippen LogP contribution in [0.3, 0.4) is 0 Å². The SMILES string of the molecule is FC(F)(F)c1cc(=S)cc(C(F)(F)F)[nH]1. The van der Waals surface area contributed by atoms with Crippen molar-refractivity contribution in [2.45, 2.75) is 12.4 Å². The van der Waals surface area contributed by atoms with Crippen LogP contribution in [0.25, 0.3) is 0 Å². The molecule has 0 aliphatic heterocycles. The van der Waals surface area contributed by atoms with E-state index in [0.29, 0.717) is 12.1 Å².